The second kappa shape index (κ2) is 6.71. The van der Waals surface area contributed by atoms with Crippen LogP contribution in [-0.4, -0.2) is 32.6 Å². The van der Waals surface area contributed by atoms with E-state index in [2.05, 4.69) is 19.7 Å². The summed E-state index contributed by atoms with van der Waals surface area (Å²) < 4.78 is 6.24. The molecule has 0 atom stereocenters. The zero-order chi connectivity index (χ0) is 18.7. The molecule has 0 saturated heterocycles. The zero-order valence-electron chi connectivity index (χ0n) is 13.5. The minimum Gasteiger partial charge on any atom is -0.465 e. The van der Waals surface area contributed by atoms with Gasteiger partial charge in [0.2, 0.25) is 0 Å². The molecule has 0 bridgehead atoms. The van der Waals surface area contributed by atoms with Gasteiger partial charge in [0.1, 0.15) is 29.9 Å². The van der Waals surface area contributed by atoms with E-state index in [1.165, 1.54) is 12.7 Å². The first-order valence-electron chi connectivity index (χ1n) is 7.27. The summed E-state index contributed by atoms with van der Waals surface area (Å²) in [4.78, 5) is 24.2. The molecule has 0 saturated carbocycles. The van der Waals surface area contributed by atoms with Crippen molar-refractivity contribution in [3.63, 3.8) is 0 Å². The van der Waals surface area contributed by atoms with Crippen molar-refractivity contribution in [1.29, 1.82) is 10.5 Å². The number of esters is 1. The predicted octanol–water partition coefficient (Wildman–Crippen LogP) is 1.05. The van der Waals surface area contributed by atoms with Gasteiger partial charge in [-0.05, 0) is 24.3 Å². The van der Waals surface area contributed by atoms with Gasteiger partial charge in [-0.1, -0.05) is 0 Å². The Balaban J connectivity index is 2.18. The molecular weight excluding hydrogens is 334 g/mol. The van der Waals surface area contributed by atoms with Gasteiger partial charge in [-0.3, -0.25) is 4.57 Å². The van der Waals surface area contributed by atoms with Crippen LogP contribution in [0.2, 0.25) is 0 Å². The van der Waals surface area contributed by atoms with Crippen LogP contribution in [0.5, 0.6) is 0 Å². The lowest BCUT2D eigenvalue weighted by molar-refractivity contribution is -0.135. The van der Waals surface area contributed by atoms with E-state index >= 15 is 0 Å². The second-order valence-electron chi connectivity index (χ2n) is 5.06. The lowest BCUT2D eigenvalue weighted by Gasteiger charge is -2.06. The SMILES string of the molecule is COC(=O)/C(C#N)=C(/N)c1ncnc2c1ncn2-c1ccc(C#N)cc1. The van der Waals surface area contributed by atoms with Crippen molar-refractivity contribution < 1.29 is 9.53 Å². The molecule has 2 heterocycles. The average Bonchev–Trinajstić information content (AvgIpc) is 3.12. The summed E-state index contributed by atoms with van der Waals surface area (Å²) >= 11 is 0. The third kappa shape index (κ3) is 2.70. The smallest absolute Gasteiger partial charge is 0.350 e. The molecule has 126 valence electrons. The second-order valence-corrected chi connectivity index (χ2v) is 5.06. The summed E-state index contributed by atoms with van der Waals surface area (Å²) in [6.07, 6.45) is 2.78. The Kier molecular flexibility index (Phi) is 4.29. The number of benzene rings is 1. The molecule has 2 N–H and O–H groups in total. The minimum atomic E-state index is -0.858. The molecule has 9 heteroatoms. The number of fused-ring (bicyclic) bond motifs is 1. The van der Waals surface area contributed by atoms with Crippen molar-refractivity contribution in [1.82, 2.24) is 19.5 Å². The number of carbonyl (C=O) groups excluding carboxylic acids is 1. The summed E-state index contributed by atoms with van der Waals surface area (Å²) in [6, 6.07) is 10.6. The van der Waals surface area contributed by atoms with E-state index < -0.39 is 5.97 Å². The number of ether oxygens (including phenoxy) is 1. The van der Waals surface area contributed by atoms with E-state index in [4.69, 9.17) is 11.0 Å². The summed E-state index contributed by atoms with van der Waals surface area (Å²) in [5, 5.41) is 18.1. The maximum atomic E-state index is 11.7. The van der Waals surface area contributed by atoms with Crippen molar-refractivity contribution in [3.8, 4) is 17.8 Å². The third-order valence-electron chi connectivity index (χ3n) is 3.63. The average molecular weight is 345 g/mol. The van der Waals surface area contributed by atoms with Crippen molar-refractivity contribution in [2.45, 2.75) is 0 Å². The molecule has 2 aromatic heterocycles. The lowest BCUT2D eigenvalue weighted by atomic mass is 10.1. The highest BCUT2D eigenvalue weighted by Crippen LogP contribution is 2.22. The highest BCUT2D eigenvalue weighted by Gasteiger charge is 2.20. The monoisotopic (exact) mass is 345 g/mol. The first kappa shape index (κ1) is 16.6. The number of aromatic nitrogens is 4. The summed E-state index contributed by atoms with van der Waals surface area (Å²) in [6.45, 7) is 0. The Hall–Kier alpha value is -4.24. The Bertz CT molecular complexity index is 1110. The van der Waals surface area contributed by atoms with Gasteiger partial charge in [0.15, 0.2) is 11.2 Å². The molecule has 0 amide bonds. The number of hydrogen-bond donors (Lipinski definition) is 1. The molecule has 0 spiro atoms. The van der Waals surface area contributed by atoms with Gasteiger partial charge in [-0.15, -0.1) is 0 Å². The number of carbonyl (C=O) groups is 1. The third-order valence-corrected chi connectivity index (χ3v) is 3.63. The van der Waals surface area contributed by atoms with Gasteiger partial charge in [-0.25, -0.2) is 19.7 Å². The van der Waals surface area contributed by atoms with Gasteiger partial charge in [0.25, 0.3) is 0 Å². The van der Waals surface area contributed by atoms with Crippen LogP contribution in [0.15, 0.2) is 42.5 Å². The number of imidazole rings is 1. The zero-order valence-corrected chi connectivity index (χ0v) is 13.5. The number of nitrogens with zero attached hydrogens (tertiary/aromatic N) is 6. The summed E-state index contributed by atoms with van der Waals surface area (Å²) in [5.74, 6) is -0.858. The van der Waals surface area contributed by atoms with Crippen molar-refractivity contribution >= 4 is 22.8 Å². The number of methoxy groups -OCH3 is 1. The molecule has 26 heavy (non-hydrogen) atoms. The standard InChI is InChI=1S/C17H11N7O2/c1-26-17(25)12(7-19)13(20)14-15-16(22-8-21-14)24(9-23-15)11-4-2-10(6-18)3-5-11/h2-5,8-9H,20H2,1H3/b13-12+. The van der Waals surface area contributed by atoms with Gasteiger partial charge >= 0.3 is 5.97 Å². The molecule has 1 aromatic carbocycles. The van der Waals surface area contributed by atoms with Crippen LogP contribution in [0.25, 0.3) is 22.5 Å². The fraction of sp³-hybridized carbons (Fsp3) is 0.0588. The molecule has 3 aromatic rings. The van der Waals surface area contributed by atoms with Crippen molar-refractivity contribution in [2.75, 3.05) is 7.11 Å². The topological polar surface area (TPSA) is 144 Å². The Labute approximate surface area is 147 Å². The Morgan fingerprint density at radius 2 is 1.92 bits per heavy atom. The van der Waals surface area contributed by atoms with Crippen LogP contribution in [-0.2, 0) is 9.53 Å². The van der Waals surface area contributed by atoms with E-state index in [-0.39, 0.29) is 17.0 Å². The van der Waals surface area contributed by atoms with Gasteiger partial charge in [0.05, 0.1) is 24.4 Å². The van der Waals surface area contributed by atoms with Gasteiger partial charge in [0, 0.05) is 5.69 Å². The van der Waals surface area contributed by atoms with E-state index in [1.807, 2.05) is 6.07 Å². The summed E-state index contributed by atoms with van der Waals surface area (Å²) in [7, 11) is 1.15. The van der Waals surface area contributed by atoms with Gasteiger partial charge in [-0.2, -0.15) is 10.5 Å². The molecule has 0 aliphatic carbocycles. The number of hydrogen-bond acceptors (Lipinski definition) is 8. The van der Waals surface area contributed by atoms with Crippen LogP contribution in [0.1, 0.15) is 11.3 Å². The van der Waals surface area contributed by atoms with Crippen LogP contribution >= 0.6 is 0 Å². The van der Waals surface area contributed by atoms with Crippen LogP contribution in [0.3, 0.4) is 0 Å². The largest absolute Gasteiger partial charge is 0.465 e. The molecule has 0 unspecified atom stereocenters. The normalized spacial score (nSPS) is 11.3. The van der Waals surface area contributed by atoms with E-state index in [1.54, 1.807) is 34.9 Å². The van der Waals surface area contributed by atoms with Gasteiger partial charge < -0.3 is 10.5 Å². The highest BCUT2D eigenvalue weighted by atomic mass is 16.5. The Morgan fingerprint density at radius 3 is 2.54 bits per heavy atom. The van der Waals surface area contributed by atoms with Crippen LogP contribution in [0.4, 0.5) is 0 Å². The number of nitrogens with two attached hydrogens (primary N) is 1. The maximum absolute atomic E-state index is 11.7. The van der Waals surface area contributed by atoms with E-state index in [9.17, 15) is 10.1 Å². The molecule has 0 aliphatic heterocycles. The fourth-order valence-corrected chi connectivity index (χ4v) is 2.35. The molecule has 0 radical (unpaired) electrons. The minimum absolute atomic E-state index is 0.142. The molecular formula is C17H11N7O2. The quantitative estimate of drug-likeness (QED) is 0.421. The first-order valence-corrected chi connectivity index (χ1v) is 7.27. The van der Waals surface area contributed by atoms with E-state index in [0.717, 1.165) is 12.8 Å². The first-order chi connectivity index (χ1) is 12.6. The van der Waals surface area contributed by atoms with Crippen molar-refractivity contribution in [3.05, 3.63) is 53.8 Å². The molecule has 9 nitrogen and oxygen atoms in total. The highest BCUT2D eigenvalue weighted by molar-refractivity contribution is 6.02. The maximum Gasteiger partial charge on any atom is 0.350 e. The van der Waals surface area contributed by atoms with Crippen LogP contribution in [0, 0.1) is 22.7 Å². The predicted molar refractivity (Wildman–Crippen MR) is 90.1 cm³/mol. The summed E-state index contributed by atoms with van der Waals surface area (Å²) in [5.41, 5.74) is 7.63. The van der Waals surface area contributed by atoms with Crippen molar-refractivity contribution in [2.24, 2.45) is 5.73 Å². The lowest BCUT2D eigenvalue weighted by Crippen LogP contribution is -2.12. The number of nitriles is 2. The molecule has 0 fully saturated rings. The Morgan fingerprint density at radius 1 is 1.19 bits per heavy atom. The number of rotatable bonds is 3. The van der Waals surface area contributed by atoms with E-state index in [0.29, 0.717) is 16.7 Å². The fourth-order valence-electron chi connectivity index (χ4n) is 2.35. The molecule has 3 rings (SSSR count). The molecule has 0 aliphatic rings. The van der Waals surface area contributed by atoms with Crippen LogP contribution < -0.4 is 5.73 Å².